The molecule has 172 valence electrons. The van der Waals surface area contributed by atoms with Crippen LogP contribution in [0.25, 0.3) is 11.2 Å². The highest BCUT2D eigenvalue weighted by Gasteiger charge is 2.30. The summed E-state index contributed by atoms with van der Waals surface area (Å²) in [5.41, 5.74) is -1.71. The van der Waals surface area contributed by atoms with Crippen LogP contribution < -0.4 is 20.7 Å². The second-order valence-corrected chi connectivity index (χ2v) is 7.34. The van der Waals surface area contributed by atoms with Crippen molar-refractivity contribution in [3.05, 3.63) is 80.5 Å². The van der Waals surface area contributed by atoms with E-state index in [1.165, 1.54) is 42.5 Å². The van der Waals surface area contributed by atoms with Gasteiger partial charge in [0.25, 0.3) is 5.56 Å². The Bertz CT molecular complexity index is 1470. The Morgan fingerprint density at radius 3 is 2.36 bits per heavy atom. The standard InChI is InChI=1S/C22H19F3N4O4/c1-27-18-17(19(30)28(2)21(27)31)29(12-13-6-4-7-14(10-13)22(23,24)25)20(26-18)33-16-9-5-8-15(11-16)32-3/h4-11H,12H2,1-3H3. The van der Waals surface area contributed by atoms with Crippen LogP contribution in [0.5, 0.6) is 17.5 Å². The number of aromatic nitrogens is 4. The van der Waals surface area contributed by atoms with Crippen molar-refractivity contribution in [2.75, 3.05) is 7.11 Å². The van der Waals surface area contributed by atoms with Crippen molar-refractivity contribution in [1.29, 1.82) is 0 Å². The molecule has 0 N–H and O–H groups in total. The van der Waals surface area contributed by atoms with Gasteiger partial charge in [-0.15, -0.1) is 0 Å². The zero-order chi connectivity index (χ0) is 23.9. The van der Waals surface area contributed by atoms with Crippen LogP contribution in [0.3, 0.4) is 0 Å². The van der Waals surface area contributed by atoms with E-state index in [1.807, 2.05) is 0 Å². The minimum atomic E-state index is -4.52. The summed E-state index contributed by atoms with van der Waals surface area (Å²) in [6, 6.07) is 11.3. The van der Waals surface area contributed by atoms with Gasteiger partial charge in [-0.3, -0.25) is 18.5 Å². The quantitative estimate of drug-likeness (QED) is 0.457. The van der Waals surface area contributed by atoms with E-state index < -0.39 is 23.0 Å². The minimum absolute atomic E-state index is 0.0231. The van der Waals surface area contributed by atoms with Crippen LogP contribution in [0.15, 0.2) is 58.1 Å². The normalized spacial score (nSPS) is 11.7. The number of rotatable bonds is 5. The lowest BCUT2D eigenvalue weighted by Gasteiger charge is -2.12. The molecule has 0 spiro atoms. The first-order valence-corrected chi connectivity index (χ1v) is 9.74. The second kappa shape index (κ2) is 8.15. The number of alkyl halides is 3. The van der Waals surface area contributed by atoms with E-state index in [9.17, 15) is 22.8 Å². The zero-order valence-corrected chi connectivity index (χ0v) is 17.9. The first kappa shape index (κ1) is 22.2. The molecule has 2 heterocycles. The van der Waals surface area contributed by atoms with Gasteiger partial charge >= 0.3 is 17.9 Å². The van der Waals surface area contributed by atoms with Crippen molar-refractivity contribution < 1.29 is 22.6 Å². The van der Waals surface area contributed by atoms with E-state index in [1.54, 1.807) is 24.3 Å². The summed E-state index contributed by atoms with van der Waals surface area (Å²) in [6.45, 7) is -0.146. The van der Waals surface area contributed by atoms with E-state index in [-0.39, 0.29) is 29.3 Å². The molecule has 0 aliphatic rings. The Kier molecular flexibility index (Phi) is 5.48. The van der Waals surface area contributed by atoms with Crippen molar-refractivity contribution in [2.45, 2.75) is 12.7 Å². The first-order valence-electron chi connectivity index (χ1n) is 9.74. The van der Waals surface area contributed by atoms with Gasteiger partial charge in [0.15, 0.2) is 11.2 Å². The summed E-state index contributed by atoms with van der Waals surface area (Å²) in [7, 11) is 4.25. The predicted molar refractivity (Wildman–Crippen MR) is 114 cm³/mol. The van der Waals surface area contributed by atoms with E-state index in [0.717, 1.165) is 16.7 Å². The molecular weight excluding hydrogens is 441 g/mol. The minimum Gasteiger partial charge on any atom is -0.497 e. The Hall–Kier alpha value is -4.02. The number of nitrogens with zero attached hydrogens (tertiary/aromatic N) is 4. The van der Waals surface area contributed by atoms with Crippen molar-refractivity contribution in [2.24, 2.45) is 14.1 Å². The number of ether oxygens (including phenoxy) is 2. The number of imidazole rings is 1. The van der Waals surface area contributed by atoms with E-state index >= 15 is 0 Å². The van der Waals surface area contributed by atoms with Crippen LogP contribution in [-0.4, -0.2) is 25.8 Å². The van der Waals surface area contributed by atoms with E-state index in [0.29, 0.717) is 11.5 Å². The van der Waals surface area contributed by atoms with Crippen molar-refractivity contribution >= 4 is 11.2 Å². The monoisotopic (exact) mass is 460 g/mol. The second-order valence-electron chi connectivity index (χ2n) is 7.34. The van der Waals surface area contributed by atoms with Gasteiger partial charge in [0.2, 0.25) is 0 Å². The summed E-state index contributed by atoms with van der Waals surface area (Å²) in [6.07, 6.45) is -4.52. The summed E-state index contributed by atoms with van der Waals surface area (Å²) in [4.78, 5) is 29.6. The van der Waals surface area contributed by atoms with E-state index in [4.69, 9.17) is 9.47 Å². The third-order valence-electron chi connectivity index (χ3n) is 5.16. The summed E-state index contributed by atoms with van der Waals surface area (Å²) in [5.74, 6) is 0.841. The van der Waals surface area contributed by atoms with Crippen LogP contribution in [0.2, 0.25) is 0 Å². The Morgan fingerprint density at radius 2 is 1.67 bits per heavy atom. The van der Waals surface area contributed by atoms with Gasteiger partial charge in [-0.2, -0.15) is 18.2 Å². The van der Waals surface area contributed by atoms with Crippen LogP contribution in [0, 0.1) is 0 Å². The molecule has 0 saturated heterocycles. The molecule has 2 aromatic heterocycles. The van der Waals surface area contributed by atoms with Crippen molar-refractivity contribution in [3.8, 4) is 17.5 Å². The first-order chi connectivity index (χ1) is 15.6. The highest BCUT2D eigenvalue weighted by Crippen LogP contribution is 2.31. The molecule has 0 aliphatic heterocycles. The zero-order valence-electron chi connectivity index (χ0n) is 17.9. The summed E-state index contributed by atoms with van der Waals surface area (Å²) in [5, 5.41) is 0. The number of fused-ring (bicyclic) bond motifs is 1. The molecular formula is C22H19F3N4O4. The molecule has 0 fully saturated rings. The molecule has 11 heteroatoms. The number of methoxy groups -OCH3 is 1. The molecule has 8 nitrogen and oxygen atoms in total. The lowest BCUT2D eigenvalue weighted by atomic mass is 10.1. The van der Waals surface area contributed by atoms with Crippen LogP contribution in [0.1, 0.15) is 11.1 Å². The van der Waals surface area contributed by atoms with Crippen LogP contribution >= 0.6 is 0 Å². The number of aryl methyl sites for hydroxylation is 1. The van der Waals surface area contributed by atoms with Gasteiger partial charge in [-0.05, 0) is 29.8 Å². The summed E-state index contributed by atoms with van der Waals surface area (Å²) < 4.78 is 54.1. The Labute approximate surface area is 185 Å². The third kappa shape index (κ3) is 4.09. The van der Waals surface area contributed by atoms with Gasteiger partial charge in [0, 0.05) is 20.2 Å². The lowest BCUT2D eigenvalue weighted by molar-refractivity contribution is -0.137. The molecule has 0 radical (unpaired) electrons. The molecule has 4 rings (SSSR count). The smallest absolute Gasteiger partial charge is 0.416 e. The van der Waals surface area contributed by atoms with Gasteiger partial charge in [-0.25, -0.2) is 4.79 Å². The molecule has 0 unspecified atom stereocenters. The van der Waals surface area contributed by atoms with Gasteiger partial charge in [0.1, 0.15) is 11.5 Å². The molecule has 0 amide bonds. The highest BCUT2D eigenvalue weighted by atomic mass is 19.4. The average Bonchev–Trinajstić information content (AvgIpc) is 3.13. The SMILES string of the molecule is COc1cccc(Oc2nc3c(c(=O)n(C)c(=O)n3C)n2Cc2cccc(C(F)(F)F)c2)c1. The Morgan fingerprint density at radius 1 is 0.970 bits per heavy atom. The largest absolute Gasteiger partial charge is 0.497 e. The average molecular weight is 460 g/mol. The fourth-order valence-corrected chi connectivity index (χ4v) is 3.45. The van der Waals surface area contributed by atoms with Crippen molar-refractivity contribution in [1.82, 2.24) is 18.7 Å². The molecule has 0 atom stereocenters. The van der Waals surface area contributed by atoms with Gasteiger partial charge < -0.3 is 9.47 Å². The number of benzene rings is 2. The summed E-state index contributed by atoms with van der Waals surface area (Å²) >= 11 is 0. The van der Waals surface area contributed by atoms with Crippen molar-refractivity contribution in [3.63, 3.8) is 0 Å². The number of hydrogen-bond acceptors (Lipinski definition) is 5. The maximum atomic E-state index is 13.2. The Balaban J connectivity index is 1.91. The lowest BCUT2D eigenvalue weighted by Crippen LogP contribution is -2.37. The topological polar surface area (TPSA) is 80.3 Å². The number of hydrogen-bond donors (Lipinski definition) is 0. The van der Waals surface area contributed by atoms with Crippen LogP contribution in [-0.2, 0) is 26.8 Å². The van der Waals surface area contributed by atoms with E-state index in [2.05, 4.69) is 4.98 Å². The maximum Gasteiger partial charge on any atom is 0.416 e. The maximum absolute atomic E-state index is 13.2. The fourth-order valence-electron chi connectivity index (χ4n) is 3.45. The highest BCUT2D eigenvalue weighted by molar-refractivity contribution is 5.72. The molecule has 0 aliphatic carbocycles. The molecule has 33 heavy (non-hydrogen) atoms. The molecule has 0 saturated carbocycles. The fraction of sp³-hybridized carbons (Fsp3) is 0.227. The molecule has 4 aromatic rings. The van der Waals surface area contributed by atoms with Gasteiger partial charge in [-0.1, -0.05) is 18.2 Å². The predicted octanol–water partition coefficient (Wildman–Crippen LogP) is 3.30. The molecule has 0 bridgehead atoms. The van der Waals surface area contributed by atoms with Gasteiger partial charge in [0.05, 0.1) is 19.2 Å². The molecule has 2 aromatic carbocycles. The number of halogens is 3. The third-order valence-corrected chi connectivity index (χ3v) is 5.16. The van der Waals surface area contributed by atoms with Crippen LogP contribution in [0.4, 0.5) is 13.2 Å².